The van der Waals surface area contributed by atoms with Gasteiger partial charge >= 0.3 is 6.16 Å². The van der Waals surface area contributed by atoms with Crippen LogP contribution in [-0.4, -0.2) is 23.5 Å². The van der Waals surface area contributed by atoms with E-state index in [2.05, 4.69) is 26.0 Å². The zero-order valence-electron chi connectivity index (χ0n) is 14.3. The van der Waals surface area contributed by atoms with Crippen LogP contribution in [0.1, 0.15) is 33.7 Å². The Balaban J connectivity index is 1.90. The molecule has 0 amide bonds. The summed E-state index contributed by atoms with van der Waals surface area (Å²) >= 11 is 6.76. The normalized spacial score (nSPS) is 27.2. The third-order valence-electron chi connectivity index (χ3n) is 5.78. The zero-order chi connectivity index (χ0) is 18.2. The van der Waals surface area contributed by atoms with Crippen molar-refractivity contribution < 1.29 is 19.4 Å². The number of carbonyl (C=O) groups is 1. The Bertz CT molecular complexity index is 1090. The van der Waals surface area contributed by atoms with Crippen LogP contribution in [0.3, 0.4) is 0 Å². The minimum atomic E-state index is -0.952. The topological polar surface area (TPSA) is 55.8 Å². The summed E-state index contributed by atoms with van der Waals surface area (Å²) in [5, 5.41) is 14.7. The number of aryl methyl sites for hydroxylation is 2. The van der Waals surface area contributed by atoms with Crippen LogP contribution in [0, 0.1) is 13.8 Å². The first-order valence-electron chi connectivity index (χ1n) is 8.63. The van der Waals surface area contributed by atoms with Crippen molar-refractivity contribution >= 4 is 39.3 Å². The molecule has 5 rings (SSSR count). The van der Waals surface area contributed by atoms with Crippen LogP contribution in [0.4, 0.5) is 4.79 Å². The van der Waals surface area contributed by atoms with Crippen LogP contribution in [0.5, 0.6) is 0 Å². The lowest BCUT2D eigenvalue weighted by atomic mass is 9.79. The molecule has 0 saturated carbocycles. The Labute approximate surface area is 155 Å². The third kappa shape index (κ3) is 1.91. The standard InChI is InChI=1S/C21H17ClO4/c1-9-11-5-3-4-6-12(11)10(2)15-13(9)7-8-14-16(15)17(22)19-20(18(14)23)26-21(24)25-19/h3-8,17-20,23H,1-2H3/t17-,18+,19+,20-/m1/s1. The molecule has 4 atom stereocenters. The van der Waals surface area contributed by atoms with Crippen LogP contribution in [0.25, 0.3) is 21.5 Å². The second-order valence-electron chi connectivity index (χ2n) is 7.05. The third-order valence-corrected chi connectivity index (χ3v) is 6.24. The molecular weight excluding hydrogens is 352 g/mol. The van der Waals surface area contributed by atoms with Crippen molar-refractivity contribution in [2.45, 2.75) is 37.5 Å². The molecule has 1 fully saturated rings. The van der Waals surface area contributed by atoms with E-state index >= 15 is 0 Å². The highest BCUT2D eigenvalue weighted by atomic mass is 35.5. The van der Waals surface area contributed by atoms with Gasteiger partial charge in [0.2, 0.25) is 0 Å². The summed E-state index contributed by atoms with van der Waals surface area (Å²) in [6.45, 7) is 4.17. The van der Waals surface area contributed by atoms with Crippen molar-refractivity contribution in [3.05, 3.63) is 58.7 Å². The fourth-order valence-corrected chi connectivity index (χ4v) is 4.95. The van der Waals surface area contributed by atoms with Gasteiger partial charge in [-0.2, -0.15) is 0 Å². The second kappa shape index (κ2) is 5.35. The molecule has 0 radical (unpaired) electrons. The summed E-state index contributed by atoms with van der Waals surface area (Å²) in [5.74, 6) is 0. The summed E-state index contributed by atoms with van der Waals surface area (Å²) in [6, 6.07) is 12.2. The number of hydrogen-bond donors (Lipinski definition) is 1. The van der Waals surface area contributed by atoms with Gasteiger partial charge in [0.05, 0.1) is 0 Å². The van der Waals surface area contributed by atoms with E-state index in [0.29, 0.717) is 5.56 Å². The number of aliphatic hydroxyl groups is 1. The molecule has 2 aliphatic rings. The molecule has 1 saturated heterocycles. The summed E-state index contributed by atoms with van der Waals surface area (Å²) in [6.07, 6.45) is -3.19. The lowest BCUT2D eigenvalue weighted by molar-refractivity contribution is 0.00241. The van der Waals surface area contributed by atoms with Gasteiger partial charge in [-0.3, -0.25) is 0 Å². The number of aliphatic hydroxyl groups excluding tert-OH is 1. The predicted octanol–water partition coefficient (Wildman–Crippen LogP) is 4.84. The fourth-order valence-electron chi connectivity index (χ4n) is 4.52. The Hall–Kier alpha value is -2.30. The first kappa shape index (κ1) is 15.9. The van der Waals surface area contributed by atoms with Crippen molar-refractivity contribution in [1.82, 2.24) is 0 Å². The number of hydrogen-bond acceptors (Lipinski definition) is 4. The number of halogens is 1. The lowest BCUT2D eigenvalue weighted by Crippen LogP contribution is -2.38. The van der Waals surface area contributed by atoms with E-state index in [1.165, 1.54) is 10.9 Å². The molecule has 0 bridgehead atoms. The van der Waals surface area contributed by atoms with Crippen molar-refractivity contribution in [1.29, 1.82) is 0 Å². The molecule has 1 heterocycles. The molecular formula is C21H17ClO4. The second-order valence-corrected chi connectivity index (χ2v) is 7.52. The molecule has 5 heteroatoms. The van der Waals surface area contributed by atoms with Gasteiger partial charge in [-0.1, -0.05) is 36.4 Å². The van der Waals surface area contributed by atoms with E-state index in [0.717, 1.165) is 27.3 Å². The summed E-state index contributed by atoms with van der Waals surface area (Å²) in [4.78, 5) is 11.6. The average molecular weight is 369 g/mol. The van der Waals surface area contributed by atoms with E-state index in [1.807, 2.05) is 24.3 Å². The van der Waals surface area contributed by atoms with E-state index in [9.17, 15) is 9.90 Å². The van der Waals surface area contributed by atoms with Crippen LogP contribution in [-0.2, 0) is 9.47 Å². The highest BCUT2D eigenvalue weighted by Crippen LogP contribution is 2.49. The van der Waals surface area contributed by atoms with Crippen LogP contribution >= 0.6 is 11.6 Å². The Morgan fingerprint density at radius 1 is 0.923 bits per heavy atom. The highest BCUT2D eigenvalue weighted by Gasteiger charge is 2.51. The molecule has 3 aromatic rings. The quantitative estimate of drug-likeness (QED) is 0.350. The molecule has 132 valence electrons. The summed E-state index contributed by atoms with van der Waals surface area (Å²) < 4.78 is 10.4. The monoisotopic (exact) mass is 368 g/mol. The molecule has 26 heavy (non-hydrogen) atoms. The first-order chi connectivity index (χ1) is 12.5. The molecule has 0 spiro atoms. The largest absolute Gasteiger partial charge is 0.509 e. The van der Waals surface area contributed by atoms with Crippen molar-refractivity contribution in [3.8, 4) is 0 Å². The summed E-state index contributed by atoms with van der Waals surface area (Å²) in [7, 11) is 0. The van der Waals surface area contributed by atoms with Gasteiger partial charge < -0.3 is 14.6 Å². The Morgan fingerprint density at radius 2 is 1.58 bits per heavy atom. The molecule has 0 aromatic heterocycles. The van der Waals surface area contributed by atoms with Gasteiger partial charge in [0.15, 0.2) is 12.2 Å². The van der Waals surface area contributed by atoms with E-state index in [4.69, 9.17) is 21.1 Å². The number of benzene rings is 3. The van der Waals surface area contributed by atoms with Crippen LogP contribution in [0.2, 0.25) is 0 Å². The number of carbonyl (C=O) groups excluding carboxylic acids is 1. The average Bonchev–Trinajstić information content (AvgIpc) is 3.05. The fraction of sp³-hybridized carbons (Fsp3) is 0.286. The molecule has 1 N–H and O–H groups in total. The summed E-state index contributed by atoms with van der Waals surface area (Å²) in [5.41, 5.74) is 3.82. The van der Waals surface area contributed by atoms with Crippen molar-refractivity contribution in [3.63, 3.8) is 0 Å². The number of ether oxygens (including phenoxy) is 2. The predicted molar refractivity (Wildman–Crippen MR) is 99.6 cm³/mol. The van der Waals surface area contributed by atoms with Gasteiger partial charge in [-0.25, -0.2) is 4.79 Å². The minimum Gasteiger partial charge on any atom is -0.425 e. The first-order valence-corrected chi connectivity index (χ1v) is 9.06. The van der Waals surface area contributed by atoms with E-state index in [1.54, 1.807) is 0 Å². The van der Waals surface area contributed by atoms with Crippen molar-refractivity contribution in [2.75, 3.05) is 0 Å². The maximum absolute atomic E-state index is 11.6. The van der Waals surface area contributed by atoms with Gasteiger partial charge in [-0.05, 0) is 57.6 Å². The molecule has 3 aromatic carbocycles. The Kier molecular flexibility index (Phi) is 3.27. The number of alkyl halides is 1. The highest BCUT2D eigenvalue weighted by molar-refractivity contribution is 6.23. The molecule has 0 unspecified atom stereocenters. The van der Waals surface area contributed by atoms with Gasteiger partial charge in [-0.15, -0.1) is 11.6 Å². The maximum atomic E-state index is 11.6. The maximum Gasteiger partial charge on any atom is 0.509 e. The van der Waals surface area contributed by atoms with Crippen molar-refractivity contribution in [2.24, 2.45) is 0 Å². The van der Waals surface area contributed by atoms with Gasteiger partial charge in [0, 0.05) is 0 Å². The molecule has 1 aliphatic heterocycles. The van der Waals surface area contributed by atoms with Gasteiger partial charge in [0.25, 0.3) is 0 Å². The molecule has 4 nitrogen and oxygen atoms in total. The van der Waals surface area contributed by atoms with Crippen LogP contribution < -0.4 is 0 Å². The van der Waals surface area contributed by atoms with Crippen LogP contribution in [0.15, 0.2) is 36.4 Å². The van der Waals surface area contributed by atoms with E-state index < -0.39 is 29.8 Å². The lowest BCUT2D eigenvalue weighted by Gasteiger charge is -2.34. The Morgan fingerprint density at radius 3 is 2.31 bits per heavy atom. The number of fused-ring (bicyclic) bond motifs is 5. The zero-order valence-corrected chi connectivity index (χ0v) is 15.1. The molecule has 1 aliphatic carbocycles. The SMILES string of the molecule is Cc1c2ccccc2c(C)c2c3c(ccc12)[C@H](O)[C@H]1OC(=O)O[C@H]1[C@@H]3Cl. The van der Waals surface area contributed by atoms with Gasteiger partial charge in [0.1, 0.15) is 11.5 Å². The smallest absolute Gasteiger partial charge is 0.425 e. The number of rotatable bonds is 0. The minimum absolute atomic E-state index is 0.576. The van der Waals surface area contributed by atoms with E-state index in [-0.39, 0.29) is 0 Å².